The van der Waals surface area contributed by atoms with Gasteiger partial charge in [0, 0.05) is 19.6 Å². The molecule has 0 spiro atoms. The number of rotatable bonds is 5. The van der Waals surface area contributed by atoms with E-state index in [1.165, 1.54) is 11.3 Å². The standard InChI is InChI=1S/C23H28N4O2S/c1-15(2)13-24-21(28)17-5-4-11-26(14-17)23-25-19-10-12-30-20(19)22(29)27(23)18-8-6-16(3)7-9-18/h6-10,12,15,17H,4-5,11,13-14H2,1-3H3,(H,24,28)/t17-/m0/s1. The maximum absolute atomic E-state index is 13.4. The molecule has 0 saturated carbocycles. The Morgan fingerprint density at radius 3 is 2.77 bits per heavy atom. The minimum Gasteiger partial charge on any atom is -0.356 e. The lowest BCUT2D eigenvalue weighted by molar-refractivity contribution is -0.125. The van der Waals surface area contributed by atoms with E-state index < -0.39 is 0 Å². The van der Waals surface area contributed by atoms with Gasteiger partial charge in [0.05, 0.1) is 17.1 Å². The molecule has 1 aliphatic heterocycles. The number of benzene rings is 1. The van der Waals surface area contributed by atoms with Crippen LogP contribution in [-0.2, 0) is 4.79 Å². The molecule has 1 saturated heterocycles. The minimum absolute atomic E-state index is 0.0553. The molecule has 1 aliphatic rings. The van der Waals surface area contributed by atoms with Gasteiger partial charge < -0.3 is 10.2 Å². The number of piperidine rings is 1. The maximum Gasteiger partial charge on any atom is 0.277 e. The second-order valence-electron chi connectivity index (χ2n) is 8.45. The highest BCUT2D eigenvalue weighted by Gasteiger charge is 2.29. The zero-order chi connectivity index (χ0) is 21.3. The summed E-state index contributed by atoms with van der Waals surface area (Å²) in [5.74, 6) is 1.03. The predicted molar refractivity (Wildman–Crippen MR) is 123 cm³/mol. The van der Waals surface area contributed by atoms with Crippen molar-refractivity contribution in [1.29, 1.82) is 0 Å². The summed E-state index contributed by atoms with van der Waals surface area (Å²) < 4.78 is 2.36. The van der Waals surface area contributed by atoms with Crippen LogP contribution in [0.4, 0.5) is 5.95 Å². The number of fused-ring (bicyclic) bond motifs is 1. The number of thiophene rings is 1. The van der Waals surface area contributed by atoms with Crippen molar-refractivity contribution in [1.82, 2.24) is 14.9 Å². The number of anilines is 1. The van der Waals surface area contributed by atoms with E-state index in [0.717, 1.165) is 36.2 Å². The van der Waals surface area contributed by atoms with Crippen molar-refractivity contribution in [2.45, 2.75) is 33.6 Å². The Balaban J connectivity index is 1.72. The second kappa shape index (κ2) is 8.60. The second-order valence-corrected chi connectivity index (χ2v) is 9.36. The lowest BCUT2D eigenvalue weighted by Crippen LogP contribution is -2.45. The smallest absolute Gasteiger partial charge is 0.277 e. The number of amides is 1. The Hall–Kier alpha value is -2.67. The summed E-state index contributed by atoms with van der Waals surface area (Å²) in [7, 11) is 0. The van der Waals surface area contributed by atoms with Gasteiger partial charge in [0.2, 0.25) is 11.9 Å². The Morgan fingerprint density at radius 1 is 1.27 bits per heavy atom. The van der Waals surface area contributed by atoms with Crippen molar-refractivity contribution in [3.63, 3.8) is 0 Å². The van der Waals surface area contributed by atoms with Gasteiger partial charge in [-0.1, -0.05) is 31.5 Å². The minimum atomic E-state index is -0.0981. The van der Waals surface area contributed by atoms with Gasteiger partial charge in [-0.05, 0) is 49.3 Å². The van der Waals surface area contributed by atoms with Crippen molar-refractivity contribution >= 4 is 33.4 Å². The van der Waals surface area contributed by atoms with Crippen molar-refractivity contribution in [3.05, 3.63) is 51.6 Å². The molecule has 0 bridgehead atoms. The van der Waals surface area contributed by atoms with Crippen molar-refractivity contribution in [2.75, 3.05) is 24.5 Å². The van der Waals surface area contributed by atoms with Gasteiger partial charge in [0.25, 0.3) is 5.56 Å². The molecule has 0 unspecified atom stereocenters. The first-order valence-electron chi connectivity index (χ1n) is 10.5. The molecule has 3 aromatic rings. The Bertz CT molecular complexity index is 1100. The fourth-order valence-electron chi connectivity index (χ4n) is 3.86. The van der Waals surface area contributed by atoms with E-state index in [2.05, 4.69) is 24.1 Å². The molecular formula is C23H28N4O2S. The highest BCUT2D eigenvalue weighted by Crippen LogP contribution is 2.26. The van der Waals surface area contributed by atoms with Gasteiger partial charge in [-0.2, -0.15) is 0 Å². The molecule has 1 N–H and O–H groups in total. The Kier molecular flexibility index (Phi) is 5.90. The third kappa shape index (κ3) is 4.12. The van der Waals surface area contributed by atoms with E-state index >= 15 is 0 Å². The Labute approximate surface area is 180 Å². The normalized spacial score (nSPS) is 16.9. The van der Waals surface area contributed by atoms with E-state index in [1.807, 2.05) is 42.6 Å². The Morgan fingerprint density at radius 2 is 2.03 bits per heavy atom. The monoisotopic (exact) mass is 424 g/mol. The van der Waals surface area contributed by atoms with Crippen LogP contribution in [-0.4, -0.2) is 35.1 Å². The molecule has 1 aromatic carbocycles. The molecule has 1 atom stereocenters. The maximum atomic E-state index is 13.4. The molecule has 3 heterocycles. The molecule has 4 rings (SSSR count). The summed E-state index contributed by atoms with van der Waals surface area (Å²) in [6.07, 6.45) is 1.75. The van der Waals surface area contributed by atoms with Gasteiger partial charge in [-0.15, -0.1) is 11.3 Å². The number of aromatic nitrogens is 2. The number of nitrogens with zero attached hydrogens (tertiary/aromatic N) is 3. The average molecular weight is 425 g/mol. The largest absolute Gasteiger partial charge is 0.356 e. The number of aryl methyl sites for hydroxylation is 1. The lowest BCUT2D eigenvalue weighted by atomic mass is 9.97. The summed E-state index contributed by atoms with van der Waals surface area (Å²) >= 11 is 1.42. The van der Waals surface area contributed by atoms with Crippen molar-refractivity contribution in [3.8, 4) is 5.69 Å². The highest BCUT2D eigenvalue weighted by molar-refractivity contribution is 7.17. The number of hydrogen-bond donors (Lipinski definition) is 1. The number of carbonyl (C=O) groups is 1. The number of nitrogens with one attached hydrogen (secondary N) is 1. The fourth-order valence-corrected chi connectivity index (χ4v) is 4.62. The van der Waals surface area contributed by atoms with Crippen molar-refractivity contribution in [2.24, 2.45) is 11.8 Å². The molecule has 2 aromatic heterocycles. The van der Waals surface area contributed by atoms with E-state index in [4.69, 9.17) is 4.98 Å². The van der Waals surface area contributed by atoms with Crippen LogP contribution in [0.5, 0.6) is 0 Å². The van der Waals surface area contributed by atoms with E-state index in [-0.39, 0.29) is 17.4 Å². The van der Waals surface area contributed by atoms with E-state index in [0.29, 0.717) is 29.7 Å². The van der Waals surface area contributed by atoms with Crippen LogP contribution in [0.3, 0.4) is 0 Å². The SMILES string of the molecule is Cc1ccc(-n2c(N3CCC[C@H](C(=O)NCC(C)C)C3)nc3ccsc3c2=O)cc1. The summed E-state index contributed by atoms with van der Waals surface area (Å²) in [6.45, 7) is 8.24. The van der Waals surface area contributed by atoms with Crippen LogP contribution < -0.4 is 15.8 Å². The molecule has 0 radical (unpaired) electrons. The van der Waals surface area contributed by atoms with Crippen molar-refractivity contribution < 1.29 is 4.79 Å². The average Bonchev–Trinajstić information content (AvgIpc) is 3.22. The molecule has 1 amide bonds. The van der Waals surface area contributed by atoms with Gasteiger partial charge in [0.1, 0.15) is 4.70 Å². The van der Waals surface area contributed by atoms with Gasteiger partial charge in [0.15, 0.2) is 0 Å². The molecule has 6 nitrogen and oxygen atoms in total. The molecule has 0 aliphatic carbocycles. The summed E-state index contributed by atoms with van der Waals surface area (Å²) in [5, 5.41) is 4.96. The predicted octanol–water partition coefficient (Wildman–Crippen LogP) is 3.74. The van der Waals surface area contributed by atoms with Crippen LogP contribution >= 0.6 is 11.3 Å². The summed E-state index contributed by atoms with van der Waals surface area (Å²) in [6, 6.07) is 9.81. The summed E-state index contributed by atoms with van der Waals surface area (Å²) in [5.41, 5.74) is 2.60. The fraction of sp³-hybridized carbons (Fsp3) is 0.435. The van der Waals surface area contributed by atoms with Gasteiger partial charge in [-0.3, -0.25) is 9.59 Å². The molecule has 1 fully saturated rings. The molecule has 30 heavy (non-hydrogen) atoms. The molecular weight excluding hydrogens is 396 g/mol. The lowest BCUT2D eigenvalue weighted by Gasteiger charge is -2.34. The van der Waals surface area contributed by atoms with Crippen LogP contribution in [0.1, 0.15) is 32.3 Å². The van der Waals surface area contributed by atoms with Gasteiger partial charge >= 0.3 is 0 Å². The topological polar surface area (TPSA) is 67.2 Å². The quantitative estimate of drug-likeness (QED) is 0.677. The third-order valence-corrected chi connectivity index (χ3v) is 6.41. The zero-order valence-electron chi connectivity index (χ0n) is 17.7. The third-order valence-electron chi connectivity index (χ3n) is 5.51. The van der Waals surface area contributed by atoms with Crippen LogP contribution in [0.2, 0.25) is 0 Å². The molecule has 158 valence electrons. The first-order valence-corrected chi connectivity index (χ1v) is 11.4. The van der Waals surface area contributed by atoms with Crippen LogP contribution in [0.15, 0.2) is 40.5 Å². The highest BCUT2D eigenvalue weighted by atomic mass is 32.1. The number of carbonyl (C=O) groups excluding carboxylic acids is 1. The zero-order valence-corrected chi connectivity index (χ0v) is 18.5. The molecule has 7 heteroatoms. The summed E-state index contributed by atoms with van der Waals surface area (Å²) in [4.78, 5) is 33.0. The first kappa shape index (κ1) is 20.6. The number of hydrogen-bond acceptors (Lipinski definition) is 5. The van der Waals surface area contributed by atoms with Crippen LogP contribution in [0, 0.1) is 18.8 Å². The van der Waals surface area contributed by atoms with E-state index in [9.17, 15) is 9.59 Å². The van der Waals surface area contributed by atoms with Crippen LogP contribution in [0.25, 0.3) is 15.9 Å². The van der Waals surface area contributed by atoms with Gasteiger partial charge in [-0.25, -0.2) is 9.55 Å². The first-order chi connectivity index (χ1) is 14.4. The van der Waals surface area contributed by atoms with E-state index in [1.54, 1.807) is 4.57 Å².